The highest BCUT2D eigenvalue weighted by Crippen LogP contribution is 2.38. The molecular weight excluding hydrogens is 341 g/mol. The van der Waals surface area contributed by atoms with Gasteiger partial charge < -0.3 is 14.6 Å². The Morgan fingerprint density at radius 3 is 3.04 bits per heavy atom. The van der Waals surface area contributed by atoms with Crippen molar-refractivity contribution in [1.82, 2.24) is 10.5 Å². The van der Waals surface area contributed by atoms with Crippen LogP contribution in [0.5, 0.6) is 0 Å². The van der Waals surface area contributed by atoms with E-state index >= 15 is 4.39 Å². The van der Waals surface area contributed by atoms with Crippen LogP contribution in [0.4, 0.5) is 14.9 Å². The second-order valence-corrected chi connectivity index (χ2v) is 6.22. The van der Waals surface area contributed by atoms with Crippen LogP contribution >= 0.6 is 0 Å². The number of aromatic nitrogens is 1. The molecule has 0 spiro atoms. The molecule has 0 unspecified atom stereocenters. The Labute approximate surface area is 148 Å². The summed E-state index contributed by atoms with van der Waals surface area (Å²) in [6.07, 6.45) is 4.35. The predicted molar refractivity (Wildman–Crippen MR) is 89.6 cm³/mol. The largest absolute Gasteiger partial charge is 0.420 e. The number of ether oxygens (including phenoxy) is 1. The summed E-state index contributed by atoms with van der Waals surface area (Å²) in [5.74, 6) is 0.0748. The van der Waals surface area contributed by atoms with Crippen molar-refractivity contribution >= 4 is 17.7 Å². The van der Waals surface area contributed by atoms with E-state index in [4.69, 9.17) is 9.26 Å². The molecule has 1 aromatic carbocycles. The van der Waals surface area contributed by atoms with Crippen molar-refractivity contribution in [3.63, 3.8) is 0 Å². The number of halogens is 1. The van der Waals surface area contributed by atoms with E-state index in [1.165, 1.54) is 24.1 Å². The lowest BCUT2D eigenvalue weighted by Crippen LogP contribution is -2.25. The van der Waals surface area contributed by atoms with Gasteiger partial charge in [0.25, 0.3) is 0 Å². The molecule has 1 aromatic heterocycles. The average molecular weight is 357 g/mol. The molecule has 0 saturated carbocycles. The molecule has 2 aromatic rings. The van der Waals surface area contributed by atoms with Crippen LogP contribution in [-0.2, 0) is 22.4 Å². The molecule has 1 fully saturated rings. The fourth-order valence-electron chi connectivity index (χ4n) is 3.25. The number of hydrogen-bond donors (Lipinski definition) is 1. The molecule has 2 heterocycles. The molecule has 2 aliphatic rings. The third-order valence-electron chi connectivity index (χ3n) is 4.46. The van der Waals surface area contributed by atoms with Crippen molar-refractivity contribution in [2.45, 2.75) is 26.2 Å². The standard InChI is InChI=1S/C18H16FN3O4/c1-10(23)20-8-12-9-22(18(24)25-12)15-6-5-14-13(16(15)19)4-2-3-11-7-21-26-17(11)14/h5-8H,2-4,9H2,1H3,(H,20,23)/b12-8-. The molecule has 1 aliphatic heterocycles. The van der Waals surface area contributed by atoms with Gasteiger partial charge in [-0.1, -0.05) is 5.16 Å². The average Bonchev–Trinajstić information content (AvgIpc) is 3.17. The Bertz CT molecular complexity index is 935. The van der Waals surface area contributed by atoms with Crippen LogP contribution in [0.2, 0.25) is 0 Å². The van der Waals surface area contributed by atoms with Gasteiger partial charge in [0.1, 0.15) is 5.76 Å². The van der Waals surface area contributed by atoms with Crippen LogP contribution in [0.25, 0.3) is 11.3 Å². The number of amides is 2. The first kappa shape index (κ1) is 16.3. The number of benzene rings is 1. The maximum absolute atomic E-state index is 15.2. The third-order valence-corrected chi connectivity index (χ3v) is 4.46. The van der Waals surface area contributed by atoms with Crippen LogP contribution in [0, 0.1) is 5.82 Å². The predicted octanol–water partition coefficient (Wildman–Crippen LogP) is 2.90. The van der Waals surface area contributed by atoms with Crippen LogP contribution in [0.1, 0.15) is 24.5 Å². The van der Waals surface area contributed by atoms with Crippen LogP contribution < -0.4 is 10.2 Å². The Hall–Kier alpha value is -3.16. The number of anilines is 1. The number of carbonyl (C=O) groups excluding carboxylic acids is 2. The third kappa shape index (κ3) is 2.73. The lowest BCUT2D eigenvalue weighted by Gasteiger charge is -2.16. The molecule has 1 N–H and O–H groups in total. The summed E-state index contributed by atoms with van der Waals surface area (Å²) in [6.45, 7) is 1.39. The quantitative estimate of drug-likeness (QED) is 0.893. The minimum atomic E-state index is -0.686. The molecule has 0 atom stereocenters. The highest BCUT2D eigenvalue weighted by Gasteiger charge is 2.32. The van der Waals surface area contributed by atoms with E-state index in [1.807, 2.05) is 0 Å². The van der Waals surface area contributed by atoms with Crippen molar-refractivity contribution in [1.29, 1.82) is 0 Å². The van der Waals surface area contributed by atoms with Gasteiger partial charge in [-0.25, -0.2) is 9.18 Å². The number of rotatable bonds is 2. The lowest BCUT2D eigenvalue weighted by molar-refractivity contribution is -0.118. The van der Waals surface area contributed by atoms with E-state index < -0.39 is 11.9 Å². The molecule has 4 rings (SSSR count). The van der Waals surface area contributed by atoms with Gasteiger partial charge in [-0.15, -0.1) is 0 Å². The van der Waals surface area contributed by atoms with Crippen molar-refractivity contribution in [3.05, 3.63) is 47.2 Å². The SMILES string of the molecule is CC(=O)N/C=C1/CN(c2ccc3c(c2F)CCCc2cnoc2-3)C(=O)O1. The molecule has 0 radical (unpaired) electrons. The molecular formula is C18H16FN3O4. The summed E-state index contributed by atoms with van der Waals surface area (Å²) in [7, 11) is 0. The second-order valence-electron chi connectivity index (χ2n) is 6.22. The summed E-state index contributed by atoms with van der Waals surface area (Å²) in [5, 5.41) is 6.25. The minimum Gasteiger partial charge on any atom is -0.411 e. The van der Waals surface area contributed by atoms with E-state index in [0.717, 1.165) is 18.4 Å². The molecule has 8 heteroatoms. The van der Waals surface area contributed by atoms with E-state index in [1.54, 1.807) is 12.3 Å². The van der Waals surface area contributed by atoms with Gasteiger partial charge in [0, 0.05) is 29.8 Å². The van der Waals surface area contributed by atoms with E-state index in [-0.39, 0.29) is 23.9 Å². The van der Waals surface area contributed by atoms with Gasteiger partial charge in [-0.3, -0.25) is 9.69 Å². The van der Waals surface area contributed by atoms with Crippen molar-refractivity contribution < 1.29 is 23.2 Å². The zero-order valence-electron chi connectivity index (χ0n) is 14.0. The topological polar surface area (TPSA) is 84.7 Å². The number of aryl methyl sites for hydroxylation is 1. The number of nitrogens with zero attached hydrogens (tertiary/aromatic N) is 2. The van der Waals surface area contributed by atoms with E-state index in [2.05, 4.69) is 10.5 Å². The van der Waals surface area contributed by atoms with E-state index in [0.29, 0.717) is 23.3 Å². The molecule has 2 amide bonds. The number of hydrogen-bond acceptors (Lipinski definition) is 5. The smallest absolute Gasteiger partial charge is 0.411 e. The van der Waals surface area contributed by atoms with Gasteiger partial charge in [-0.2, -0.15) is 0 Å². The Morgan fingerprint density at radius 2 is 2.23 bits per heavy atom. The molecule has 1 saturated heterocycles. The lowest BCUT2D eigenvalue weighted by atomic mass is 10.0. The van der Waals surface area contributed by atoms with Gasteiger partial charge >= 0.3 is 6.09 Å². The first-order valence-electron chi connectivity index (χ1n) is 8.25. The zero-order valence-corrected chi connectivity index (χ0v) is 14.0. The normalized spacial score (nSPS) is 17.5. The minimum absolute atomic E-state index is 0.0440. The Balaban J connectivity index is 1.69. The van der Waals surface area contributed by atoms with Gasteiger partial charge in [0.15, 0.2) is 11.6 Å². The maximum atomic E-state index is 15.2. The number of cyclic esters (lactones) is 1. The van der Waals surface area contributed by atoms with Crippen LogP contribution in [0.15, 0.2) is 34.8 Å². The fraction of sp³-hybridized carbons (Fsp3) is 0.278. The number of nitrogens with one attached hydrogen (secondary N) is 1. The van der Waals surface area contributed by atoms with E-state index in [9.17, 15) is 9.59 Å². The summed E-state index contributed by atoms with van der Waals surface area (Å²) >= 11 is 0. The monoisotopic (exact) mass is 357 g/mol. The summed E-state index contributed by atoms with van der Waals surface area (Å²) in [5.41, 5.74) is 2.27. The first-order valence-corrected chi connectivity index (χ1v) is 8.25. The molecule has 7 nitrogen and oxygen atoms in total. The highest BCUT2D eigenvalue weighted by molar-refractivity contribution is 5.92. The maximum Gasteiger partial charge on any atom is 0.420 e. The number of fused-ring (bicyclic) bond motifs is 3. The van der Waals surface area contributed by atoms with Crippen molar-refractivity contribution in [2.75, 3.05) is 11.4 Å². The van der Waals surface area contributed by atoms with Gasteiger partial charge in [-0.05, 0) is 31.4 Å². The fourth-order valence-corrected chi connectivity index (χ4v) is 3.25. The highest BCUT2D eigenvalue weighted by atomic mass is 19.1. The van der Waals surface area contributed by atoms with Crippen LogP contribution in [-0.4, -0.2) is 23.7 Å². The Kier molecular flexibility index (Phi) is 3.95. The molecule has 134 valence electrons. The van der Waals surface area contributed by atoms with Gasteiger partial charge in [0.2, 0.25) is 5.91 Å². The van der Waals surface area contributed by atoms with Crippen molar-refractivity contribution in [3.8, 4) is 11.3 Å². The first-order chi connectivity index (χ1) is 12.5. The Morgan fingerprint density at radius 1 is 1.38 bits per heavy atom. The van der Waals surface area contributed by atoms with Gasteiger partial charge in [0.05, 0.1) is 18.4 Å². The van der Waals surface area contributed by atoms with Crippen LogP contribution in [0.3, 0.4) is 0 Å². The summed E-state index contributed by atoms with van der Waals surface area (Å²) in [4.78, 5) is 24.3. The number of carbonyl (C=O) groups is 2. The van der Waals surface area contributed by atoms with Crippen molar-refractivity contribution in [2.24, 2.45) is 0 Å². The summed E-state index contributed by atoms with van der Waals surface area (Å²) in [6, 6.07) is 3.28. The molecule has 26 heavy (non-hydrogen) atoms. The summed E-state index contributed by atoms with van der Waals surface area (Å²) < 4.78 is 25.6. The molecule has 1 aliphatic carbocycles. The zero-order chi connectivity index (χ0) is 18.3. The molecule has 0 bridgehead atoms. The second kappa shape index (κ2) is 6.29.